The second-order valence-corrected chi connectivity index (χ2v) is 11.5. The Labute approximate surface area is 230 Å². The first-order valence-corrected chi connectivity index (χ1v) is 14.8. The van der Waals surface area contributed by atoms with Gasteiger partial charge in [0.25, 0.3) is 0 Å². The molecule has 0 heterocycles. The van der Waals surface area contributed by atoms with Crippen LogP contribution in [0.2, 0.25) is 0 Å². The van der Waals surface area contributed by atoms with E-state index in [-0.39, 0.29) is 18.9 Å². The van der Waals surface area contributed by atoms with Gasteiger partial charge in [0, 0.05) is 19.5 Å². The van der Waals surface area contributed by atoms with Crippen LogP contribution in [0.25, 0.3) is 0 Å². The molecule has 7 nitrogen and oxygen atoms in total. The minimum atomic E-state index is -3.83. The molecule has 0 saturated carbocycles. The number of hydrogen-bond acceptors (Lipinski definition) is 4. The van der Waals surface area contributed by atoms with Crippen molar-refractivity contribution < 1.29 is 22.4 Å². The quantitative estimate of drug-likeness (QED) is 0.317. The minimum Gasteiger partial charge on any atom is -0.354 e. The molecule has 0 aliphatic carbocycles. The van der Waals surface area contributed by atoms with Crippen molar-refractivity contribution in [1.29, 1.82) is 0 Å². The van der Waals surface area contributed by atoms with Crippen molar-refractivity contribution in [3.63, 3.8) is 0 Å². The largest absolute Gasteiger partial charge is 0.354 e. The summed E-state index contributed by atoms with van der Waals surface area (Å²) >= 11 is 0. The van der Waals surface area contributed by atoms with Crippen molar-refractivity contribution in [2.45, 2.75) is 45.7 Å². The number of anilines is 1. The number of nitrogens with zero attached hydrogens (tertiary/aromatic N) is 2. The van der Waals surface area contributed by atoms with E-state index in [9.17, 15) is 22.4 Å². The van der Waals surface area contributed by atoms with E-state index >= 15 is 0 Å². The molecule has 0 bridgehead atoms. The molecule has 0 radical (unpaired) electrons. The van der Waals surface area contributed by atoms with Crippen LogP contribution >= 0.6 is 0 Å². The molecule has 1 N–H and O–H groups in total. The Hall–Kier alpha value is -3.72. The molecule has 208 valence electrons. The number of halogens is 1. The highest BCUT2D eigenvalue weighted by Gasteiger charge is 2.33. The predicted octanol–water partition coefficient (Wildman–Crippen LogP) is 4.46. The van der Waals surface area contributed by atoms with E-state index in [0.29, 0.717) is 17.8 Å². The highest BCUT2D eigenvalue weighted by atomic mass is 32.2. The van der Waals surface area contributed by atoms with E-state index in [1.54, 1.807) is 30.3 Å². The van der Waals surface area contributed by atoms with Crippen LogP contribution in [-0.4, -0.2) is 50.5 Å². The van der Waals surface area contributed by atoms with E-state index < -0.39 is 34.3 Å². The molecule has 1 atom stereocenters. The lowest BCUT2D eigenvalue weighted by Gasteiger charge is -2.33. The number of sulfonamides is 1. The van der Waals surface area contributed by atoms with Crippen LogP contribution in [-0.2, 0) is 32.6 Å². The fraction of sp³-hybridized carbons (Fsp3) is 0.333. The van der Waals surface area contributed by atoms with Crippen molar-refractivity contribution in [1.82, 2.24) is 10.2 Å². The van der Waals surface area contributed by atoms with Gasteiger partial charge in [-0.1, -0.05) is 67.9 Å². The normalized spacial score (nSPS) is 12.0. The summed E-state index contributed by atoms with van der Waals surface area (Å²) in [6.07, 6.45) is 2.95. The maximum Gasteiger partial charge on any atom is 0.244 e. The zero-order valence-corrected chi connectivity index (χ0v) is 23.5. The van der Waals surface area contributed by atoms with Crippen LogP contribution in [0.5, 0.6) is 0 Å². The van der Waals surface area contributed by atoms with E-state index in [4.69, 9.17) is 0 Å². The van der Waals surface area contributed by atoms with E-state index in [1.807, 2.05) is 50.2 Å². The Morgan fingerprint density at radius 3 is 2.26 bits per heavy atom. The van der Waals surface area contributed by atoms with Gasteiger partial charge in [-0.3, -0.25) is 13.9 Å². The Morgan fingerprint density at radius 1 is 0.949 bits per heavy atom. The molecule has 0 aromatic heterocycles. The summed E-state index contributed by atoms with van der Waals surface area (Å²) in [4.78, 5) is 28.9. The SMILES string of the molecule is CCCCNC(=O)[C@H](Cc1ccccc1)N(Cc1ccc(F)cc1)C(=O)CN(c1cccc(C)c1)S(C)(=O)=O. The number of carbonyl (C=O) groups excluding carboxylic acids is 2. The van der Waals surface area contributed by atoms with Gasteiger partial charge >= 0.3 is 0 Å². The molecule has 9 heteroatoms. The van der Waals surface area contributed by atoms with Crippen LogP contribution in [0.15, 0.2) is 78.9 Å². The number of amides is 2. The molecule has 39 heavy (non-hydrogen) atoms. The average molecular weight is 554 g/mol. The zero-order valence-electron chi connectivity index (χ0n) is 22.6. The summed E-state index contributed by atoms with van der Waals surface area (Å²) in [6.45, 7) is 3.82. The lowest BCUT2D eigenvalue weighted by atomic mass is 10.0. The third-order valence-corrected chi connectivity index (χ3v) is 7.48. The lowest BCUT2D eigenvalue weighted by Crippen LogP contribution is -2.53. The summed E-state index contributed by atoms with van der Waals surface area (Å²) in [7, 11) is -3.83. The standard InChI is InChI=1S/C30H36FN3O4S/c1-4-5-18-32-30(36)28(20-24-11-7-6-8-12-24)33(21-25-14-16-26(31)17-15-25)29(35)22-34(39(3,37)38)27-13-9-10-23(2)19-27/h6-17,19,28H,4-5,18,20-22H2,1-3H3,(H,32,36)/t28-/m0/s1. The molecule has 0 saturated heterocycles. The number of benzene rings is 3. The molecule has 0 spiro atoms. The molecule has 0 unspecified atom stereocenters. The molecule has 2 amide bonds. The number of nitrogens with one attached hydrogen (secondary N) is 1. The van der Waals surface area contributed by atoms with Gasteiger partial charge in [0.2, 0.25) is 21.8 Å². The third-order valence-electron chi connectivity index (χ3n) is 6.34. The van der Waals surface area contributed by atoms with Gasteiger partial charge in [0.15, 0.2) is 0 Å². The fourth-order valence-electron chi connectivity index (χ4n) is 4.24. The lowest BCUT2D eigenvalue weighted by molar-refractivity contribution is -0.140. The highest BCUT2D eigenvalue weighted by Crippen LogP contribution is 2.21. The van der Waals surface area contributed by atoms with Crippen molar-refractivity contribution in [2.75, 3.05) is 23.7 Å². The van der Waals surface area contributed by atoms with Gasteiger partial charge in [0.1, 0.15) is 18.4 Å². The Balaban J connectivity index is 2.02. The van der Waals surface area contributed by atoms with Gasteiger partial charge in [-0.2, -0.15) is 0 Å². The molecule has 3 aromatic carbocycles. The second kappa shape index (κ2) is 13.9. The minimum absolute atomic E-state index is 0.00321. The molecule has 0 aliphatic heterocycles. The fourth-order valence-corrected chi connectivity index (χ4v) is 5.08. The van der Waals surface area contributed by atoms with Crippen LogP contribution in [0.4, 0.5) is 10.1 Å². The topological polar surface area (TPSA) is 86.8 Å². The summed E-state index contributed by atoms with van der Waals surface area (Å²) < 4.78 is 40.3. The summed E-state index contributed by atoms with van der Waals surface area (Å²) in [5.41, 5.74) is 2.67. The van der Waals surface area contributed by atoms with Crippen LogP contribution in [0, 0.1) is 12.7 Å². The maximum absolute atomic E-state index is 14.0. The van der Waals surface area contributed by atoms with Gasteiger partial charge in [0.05, 0.1) is 11.9 Å². The molecule has 0 aliphatic rings. The predicted molar refractivity (Wildman–Crippen MR) is 152 cm³/mol. The third kappa shape index (κ3) is 8.92. The molecular formula is C30H36FN3O4S. The van der Waals surface area contributed by atoms with Crippen molar-refractivity contribution in [3.8, 4) is 0 Å². The Morgan fingerprint density at radius 2 is 1.64 bits per heavy atom. The first-order chi connectivity index (χ1) is 18.6. The van der Waals surface area contributed by atoms with E-state index in [0.717, 1.165) is 34.5 Å². The number of carbonyl (C=O) groups is 2. The Bertz CT molecular complexity index is 1350. The molecule has 0 fully saturated rings. The first-order valence-electron chi connectivity index (χ1n) is 13.0. The highest BCUT2D eigenvalue weighted by molar-refractivity contribution is 7.92. The summed E-state index contributed by atoms with van der Waals surface area (Å²) in [6, 6.07) is 21.0. The van der Waals surface area contributed by atoms with Crippen molar-refractivity contribution in [2.24, 2.45) is 0 Å². The summed E-state index contributed by atoms with van der Waals surface area (Å²) in [5.74, 6) is -1.29. The zero-order chi connectivity index (χ0) is 28.4. The molecule has 3 aromatic rings. The average Bonchev–Trinajstić information content (AvgIpc) is 2.90. The van der Waals surface area contributed by atoms with Crippen LogP contribution in [0.1, 0.15) is 36.5 Å². The number of rotatable bonds is 13. The van der Waals surface area contributed by atoms with E-state index in [2.05, 4.69) is 5.32 Å². The monoisotopic (exact) mass is 553 g/mol. The summed E-state index contributed by atoms with van der Waals surface area (Å²) in [5, 5.41) is 2.93. The molecule has 3 rings (SSSR count). The van der Waals surface area contributed by atoms with Crippen LogP contribution in [0.3, 0.4) is 0 Å². The second-order valence-electron chi connectivity index (χ2n) is 9.61. The Kier molecular flexibility index (Phi) is 10.6. The van der Waals surface area contributed by atoms with Gasteiger partial charge in [-0.05, 0) is 54.3 Å². The number of hydrogen-bond donors (Lipinski definition) is 1. The number of aryl methyl sites for hydroxylation is 1. The van der Waals surface area contributed by atoms with Crippen molar-refractivity contribution in [3.05, 3.63) is 101 Å². The smallest absolute Gasteiger partial charge is 0.244 e. The van der Waals surface area contributed by atoms with Gasteiger partial charge < -0.3 is 10.2 Å². The van der Waals surface area contributed by atoms with E-state index in [1.165, 1.54) is 17.0 Å². The maximum atomic E-state index is 14.0. The first kappa shape index (κ1) is 29.8. The van der Waals surface area contributed by atoms with Crippen LogP contribution < -0.4 is 9.62 Å². The van der Waals surface area contributed by atoms with Gasteiger partial charge in [-0.15, -0.1) is 0 Å². The van der Waals surface area contributed by atoms with Gasteiger partial charge in [-0.25, -0.2) is 12.8 Å². The molecular weight excluding hydrogens is 517 g/mol. The van der Waals surface area contributed by atoms with Crippen molar-refractivity contribution >= 4 is 27.5 Å². The number of unbranched alkanes of at least 4 members (excludes halogenated alkanes) is 1.